The number of fused-ring (bicyclic) bond motifs is 3. The molecule has 0 bridgehead atoms. The van der Waals surface area contributed by atoms with E-state index in [4.69, 9.17) is 9.72 Å². The fourth-order valence-electron chi connectivity index (χ4n) is 4.70. The van der Waals surface area contributed by atoms with Crippen LogP contribution in [0.3, 0.4) is 0 Å². The van der Waals surface area contributed by atoms with Crippen molar-refractivity contribution < 1.29 is 9.53 Å². The number of halogens is 2. The molecule has 0 radical (unpaired) electrons. The number of hydrogen-bond donors (Lipinski definition) is 1. The van der Waals surface area contributed by atoms with E-state index in [1.807, 2.05) is 54.6 Å². The number of aryl methyl sites for hydroxylation is 1. The first-order chi connectivity index (χ1) is 18.1. The molecule has 6 rings (SSSR count). The first-order valence-corrected chi connectivity index (χ1v) is 13.6. The third-order valence-corrected chi connectivity index (χ3v) is 7.69. The molecule has 0 spiro atoms. The first-order valence-electron chi connectivity index (χ1n) is 12.0. The Morgan fingerprint density at radius 1 is 0.892 bits per heavy atom. The number of nitrogens with one attached hydrogen (secondary N) is 1. The predicted molar refractivity (Wildman–Crippen MR) is 155 cm³/mol. The van der Waals surface area contributed by atoms with Gasteiger partial charge in [-0.25, -0.2) is 4.98 Å². The van der Waals surface area contributed by atoms with Gasteiger partial charge < -0.3 is 9.72 Å². The zero-order valence-electron chi connectivity index (χ0n) is 19.7. The van der Waals surface area contributed by atoms with Gasteiger partial charge in [0.05, 0.1) is 21.4 Å². The Morgan fingerprint density at radius 2 is 1.70 bits per heavy atom. The summed E-state index contributed by atoms with van der Waals surface area (Å²) in [5.41, 5.74) is 5.69. The lowest BCUT2D eigenvalue weighted by Gasteiger charge is -2.11. The number of carbonyl (C=O) groups is 1. The van der Waals surface area contributed by atoms with E-state index >= 15 is 0 Å². The molecule has 3 aromatic heterocycles. The molecule has 0 aliphatic heterocycles. The average Bonchev–Trinajstić information content (AvgIpc) is 3.29. The molecule has 182 valence electrons. The normalized spacial score (nSPS) is 11.4. The Morgan fingerprint density at radius 3 is 2.62 bits per heavy atom. The van der Waals surface area contributed by atoms with Gasteiger partial charge in [-0.05, 0) is 64.7 Å². The molecule has 0 fully saturated rings. The van der Waals surface area contributed by atoms with Gasteiger partial charge in [-0.3, -0.25) is 9.78 Å². The molecule has 6 aromatic rings. The molecule has 0 aliphatic carbocycles. The molecule has 0 aliphatic rings. The minimum atomic E-state index is -0.291. The van der Waals surface area contributed by atoms with Gasteiger partial charge in [-0.1, -0.05) is 64.5 Å². The first kappa shape index (κ1) is 23.8. The number of ether oxygens (including phenoxy) is 1. The number of pyridine rings is 2. The van der Waals surface area contributed by atoms with Crippen molar-refractivity contribution in [2.24, 2.45) is 0 Å². The van der Waals surface area contributed by atoms with Crippen LogP contribution in [0.15, 0.2) is 94.0 Å². The predicted octanol–water partition coefficient (Wildman–Crippen LogP) is 8.38. The molecule has 0 unspecified atom stereocenters. The van der Waals surface area contributed by atoms with E-state index in [0.29, 0.717) is 28.6 Å². The molecular weight excluding hydrogens is 594 g/mol. The van der Waals surface area contributed by atoms with Crippen molar-refractivity contribution in [1.29, 1.82) is 0 Å². The highest BCUT2D eigenvalue weighted by atomic mass is 79.9. The van der Waals surface area contributed by atoms with Crippen molar-refractivity contribution in [1.82, 2.24) is 15.0 Å². The van der Waals surface area contributed by atoms with Gasteiger partial charge in [0.2, 0.25) is 0 Å². The van der Waals surface area contributed by atoms with Gasteiger partial charge in [0, 0.05) is 38.8 Å². The average molecular weight is 615 g/mol. The topological polar surface area (TPSA) is 67.9 Å². The zero-order chi connectivity index (χ0) is 25.4. The van der Waals surface area contributed by atoms with Crippen LogP contribution in [0.1, 0.15) is 18.4 Å². The fraction of sp³-hybridized carbons (Fsp3) is 0.100. The Hall–Kier alpha value is -3.55. The van der Waals surface area contributed by atoms with Gasteiger partial charge in [0.1, 0.15) is 5.52 Å². The number of nitrogens with zero attached hydrogens (tertiary/aromatic N) is 2. The summed E-state index contributed by atoms with van der Waals surface area (Å²) in [5, 5.41) is 3.14. The number of rotatable bonds is 6. The highest BCUT2D eigenvalue weighted by Crippen LogP contribution is 2.38. The van der Waals surface area contributed by atoms with Gasteiger partial charge in [-0.15, -0.1) is 0 Å². The summed E-state index contributed by atoms with van der Waals surface area (Å²) in [6.07, 6.45) is 3.32. The van der Waals surface area contributed by atoms with Crippen LogP contribution >= 0.6 is 31.9 Å². The lowest BCUT2D eigenvalue weighted by molar-refractivity contribution is -0.134. The largest absolute Gasteiger partial charge is 0.423 e. The molecule has 0 atom stereocenters. The minimum absolute atomic E-state index is 0.279. The van der Waals surface area contributed by atoms with Crippen LogP contribution in [0.25, 0.3) is 44.1 Å². The third-order valence-electron chi connectivity index (χ3n) is 6.44. The SMILES string of the molecule is O=C(CCCc1c(-c2ccc3ccccc3n2)[nH]c2ccccc12)Oc1c(Br)cc(Br)c2cccnc12. The van der Waals surface area contributed by atoms with E-state index in [1.54, 1.807) is 6.20 Å². The summed E-state index contributed by atoms with van der Waals surface area (Å²) < 4.78 is 7.36. The standard InChI is InChI=1S/C30H21Br2N3O2/c31-22-17-23(32)30(29-21(22)10-6-16-33-29)37-27(36)13-5-9-20-19-8-2-4-12-25(19)35-28(20)26-15-14-18-7-1-3-11-24(18)34-26/h1-4,6-8,10-12,14-17,35H,5,9,13H2. The third kappa shape index (κ3) is 4.65. The summed E-state index contributed by atoms with van der Waals surface area (Å²) in [6, 6.07) is 26.2. The molecule has 3 heterocycles. The van der Waals surface area contributed by atoms with Crippen LogP contribution in [-0.4, -0.2) is 20.9 Å². The van der Waals surface area contributed by atoms with E-state index in [9.17, 15) is 4.79 Å². The second-order valence-corrected chi connectivity index (χ2v) is 10.5. The summed E-state index contributed by atoms with van der Waals surface area (Å²) in [7, 11) is 0. The maximum atomic E-state index is 12.9. The summed E-state index contributed by atoms with van der Waals surface area (Å²) in [5.74, 6) is 0.150. The maximum Gasteiger partial charge on any atom is 0.311 e. The Bertz CT molecular complexity index is 1800. The van der Waals surface area contributed by atoms with Gasteiger partial charge in [0.15, 0.2) is 5.75 Å². The zero-order valence-corrected chi connectivity index (χ0v) is 22.8. The number of hydrogen-bond acceptors (Lipinski definition) is 4. The number of carbonyl (C=O) groups excluding carboxylic acids is 1. The number of benzene rings is 3. The Labute approximate surface area is 230 Å². The van der Waals surface area contributed by atoms with E-state index in [1.165, 1.54) is 0 Å². The van der Waals surface area contributed by atoms with Crippen LogP contribution in [0.2, 0.25) is 0 Å². The molecule has 0 amide bonds. The van der Waals surface area contributed by atoms with Crippen molar-refractivity contribution in [2.75, 3.05) is 0 Å². The highest BCUT2D eigenvalue weighted by Gasteiger charge is 2.18. The minimum Gasteiger partial charge on any atom is -0.423 e. The van der Waals surface area contributed by atoms with Crippen LogP contribution in [0.4, 0.5) is 0 Å². The van der Waals surface area contributed by atoms with Crippen LogP contribution < -0.4 is 4.74 Å². The van der Waals surface area contributed by atoms with Crippen LogP contribution in [0.5, 0.6) is 5.75 Å². The van der Waals surface area contributed by atoms with Crippen molar-refractivity contribution in [3.8, 4) is 17.1 Å². The number of H-pyrrole nitrogens is 1. The monoisotopic (exact) mass is 613 g/mol. The van der Waals surface area contributed by atoms with Crippen molar-refractivity contribution in [2.45, 2.75) is 19.3 Å². The molecule has 37 heavy (non-hydrogen) atoms. The Kier molecular flexibility index (Phi) is 6.49. The lowest BCUT2D eigenvalue weighted by Crippen LogP contribution is -2.09. The van der Waals surface area contributed by atoms with Crippen LogP contribution in [0, 0.1) is 0 Å². The summed E-state index contributed by atoms with van der Waals surface area (Å²) in [4.78, 5) is 25.8. The molecule has 7 heteroatoms. The highest BCUT2D eigenvalue weighted by molar-refractivity contribution is 9.11. The van der Waals surface area contributed by atoms with Crippen molar-refractivity contribution in [3.05, 3.63) is 99.6 Å². The summed E-state index contributed by atoms with van der Waals surface area (Å²) in [6.45, 7) is 0. The molecule has 3 aromatic carbocycles. The molecule has 0 saturated heterocycles. The fourth-order valence-corrected chi connectivity index (χ4v) is 6.06. The Balaban J connectivity index is 1.25. The molecule has 5 nitrogen and oxygen atoms in total. The number of aromatic amines is 1. The maximum absolute atomic E-state index is 12.9. The van der Waals surface area contributed by atoms with Gasteiger partial charge >= 0.3 is 5.97 Å². The molecule has 1 N–H and O–H groups in total. The van der Waals surface area contributed by atoms with Gasteiger partial charge in [-0.2, -0.15) is 0 Å². The second-order valence-electron chi connectivity index (χ2n) is 8.81. The quantitative estimate of drug-likeness (QED) is 0.151. The van der Waals surface area contributed by atoms with E-state index in [-0.39, 0.29) is 12.4 Å². The second kappa shape index (κ2) is 10.1. The summed E-state index contributed by atoms with van der Waals surface area (Å²) >= 11 is 7.07. The van der Waals surface area contributed by atoms with Crippen LogP contribution in [-0.2, 0) is 11.2 Å². The van der Waals surface area contributed by atoms with Gasteiger partial charge in [0.25, 0.3) is 0 Å². The van der Waals surface area contributed by atoms with Crippen molar-refractivity contribution in [3.63, 3.8) is 0 Å². The molecular formula is C30H21Br2N3O2. The lowest BCUT2D eigenvalue weighted by atomic mass is 10.0. The van der Waals surface area contributed by atoms with Crippen molar-refractivity contribution >= 4 is 70.5 Å². The number of esters is 1. The smallest absolute Gasteiger partial charge is 0.311 e. The van der Waals surface area contributed by atoms with E-state index in [0.717, 1.165) is 48.6 Å². The number of aromatic nitrogens is 3. The number of para-hydroxylation sites is 2. The molecule has 0 saturated carbocycles. The van der Waals surface area contributed by atoms with E-state index in [2.05, 4.69) is 66.1 Å². The van der Waals surface area contributed by atoms with E-state index < -0.39 is 0 Å².